The molecule has 25 heteroatoms. The second kappa shape index (κ2) is 28.0. The molecule has 0 radical (unpaired) electrons. The summed E-state index contributed by atoms with van der Waals surface area (Å²) in [6.07, 6.45) is -1.01. The average Bonchev–Trinajstić information content (AvgIpc) is 3.15. The van der Waals surface area contributed by atoms with Crippen LogP contribution in [0.15, 0.2) is 30.3 Å². The van der Waals surface area contributed by atoms with Gasteiger partial charge in [-0.05, 0) is 25.8 Å². The lowest BCUT2D eigenvalue weighted by Crippen LogP contribution is -2.53. The first-order chi connectivity index (χ1) is 27.0. The van der Waals surface area contributed by atoms with Gasteiger partial charge in [0.15, 0.2) is 9.84 Å². The van der Waals surface area contributed by atoms with Gasteiger partial charge in [0, 0.05) is 62.7 Å². The number of nitrogens with zero attached hydrogens (tertiary/aromatic N) is 2. The monoisotopic (exact) mass is 948 g/mol. The summed E-state index contributed by atoms with van der Waals surface area (Å²) in [5.41, 5.74) is 5.80. The molecule has 0 unspecified atom stereocenters. The lowest BCUT2D eigenvalue weighted by molar-refractivity contribution is -0.138. The number of carboxylic acid groups (broad SMARTS) is 1. The molecule has 0 spiro atoms. The SMILES string of the molecule is CCOP(=O)(CCNC(=O)[C@H](NC(=O)[C@H](CS(=O)(=O)CCOP(=O)(N(CCCl)CCCl)N(CCCl)CCCl)NC(=O)CC[C@H](N)C(=O)O)c1ccccc1)OCC. The number of sulfone groups is 1. The van der Waals surface area contributed by atoms with Crippen LogP contribution in [-0.4, -0.2) is 152 Å². The van der Waals surface area contributed by atoms with Gasteiger partial charge in [0.25, 0.3) is 0 Å². The largest absolute Gasteiger partial charge is 0.480 e. The number of hydrogen-bond acceptors (Lipinski definition) is 12. The first-order valence-electron chi connectivity index (χ1n) is 17.9. The maximum Gasteiger partial charge on any atom is 0.346 e. The van der Waals surface area contributed by atoms with E-state index in [1.54, 1.807) is 32.0 Å². The van der Waals surface area contributed by atoms with Crippen molar-refractivity contribution >= 4 is 95.2 Å². The molecule has 0 heterocycles. The minimum Gasteiger partial charge on any atom is -0.480 e. The second-order valence-electron chi connectivity index (χ2n) is 12.0. The second-order valence-corrected chi connectivity index (χ2v) is 20.3. The van der Waals surface area contributed by atoms with Crippen molar-refractivity contribution in [3.8, 4) is 0 Å². The van der Waals surface area contributed by atoms with E-state index >= 15 is 0 Å². The van der Waals surface area contributed by atoms with Crippen molar-refractivity contribution in [3.05, 3.63) is 35.9 Å². The van der Waals surface area contributed by atoms with Crippen molar-refractivity contribution < 1.29 is 55.4 Å². The third kappa shape index (κ3) is 19.6. The fraction of sp³-hybridized carbons (Fsp3) is 0.688. The maximum absolute atomic E-state index is 14.4. The van der Waals surface area contributed by atoms with E-state index in [0.29, 0.717) is 0 Å². The molecule has 0 fully saturated rings. The molecule has 1 aromatic rings. The number of carbonyl (C=O) groups excluding carboxylic acids is 3. The van der Waals surface area contributed by atoms with Gasteiger partial charge in [-0.3, -0.25) is 28.3 Å². The van der Waals surface area contributed by atoms with E-state index in [1.165, 1.54) is 21.5 Å². The molecule has 0 saturated heterocycles. The van der Waals surface area contributed by atoms with Crippen LogP contribution >= 0.6 is 61.7 Å². The van der Waals surface area contributed by atoms with Crippen LogP contribution in [-0.2, 0) is 51.7 Å². The van der Waals surface area contributed by atoms with Gasteiger partial charge in [0.1, 0.15) is 18.1 Å². The predicted octanol–water partition coefficient (Wildman–Crippen LogP) is 3.00. The molecule has 1 rings (SSSR count). The highest BCUT2D eigenvalue weighted by Gasteiger charge is 2.39. The number of carbonyl (C=O) groups is 4. The molecule has 18 nitrogen and oxygen atoms in total. The first-order valence-corrected chi connectivity index (χ1v) is 25.2. The van der Waals surface area contributed by atoms with Crippen molar-refractivity contribution in [2.45, 2.75) is 44.8 Å². The van der Waals surface area contributed by atoms with Crippen molar-refractivity contribution in [2.75, 3.05) is 93.7 Å². The van der Waals surface area contributed by atoms with Crippen LogP contribution in [0, 0.1) is 0 Å². The van der Waals surface area contributed by atoms with Crippen LogP contribution in [0.2, 0.25) is 0 Å². The molecule has 57 heavy (non-hydrogen) atoms. The van der Waals surface area contributed by atoms with Crippen molar-refractivity contribution in [3.63, 3.8) is 0 Å². The first kappa shape index (κ1) is 53.4. The highest BCUT2D eigenvalue weighted by Crippen LogP contribution is 2.54. The van der Waals surface area contributed by atoms with Crippen LogP contribution < -0.4 is 21.7 Å². The maximum atomic E-state index is 14.4. The lowest BCUT2D eigenvalue weighted by Gasteiger charge is -2.37. The molecule has 0 bridgehead atoms. The Morgan fingerprint density at radius 1 is 0.842 bits per heavy atom. The van der Waals surface area contributed by atoms with E-state index in [-0.39, 0.29) is 87.6 Å². The van der Waals surface area contributed by atoms with Crippen LogP contribution in [0.4, 0.5) is 0 Å². The van der Waals surface area contributed by atoms with Crippen LogP contribution in [0.25, 0.3) is 0 Å². The number of nitrogens with two attached hydrogens (primary N) is 1. The Morgan fingerprint density at radius 2 is 1.37 bits per heavy atom. The van der Waals surface area contributed by atoms with Gasteiger partial charge in [0.05, 0.1) is 37.5 Å². The van der Waals surface area contributed by atoms with Gasteiger partial charge in [-0.1, -0.05) is 30.3 Å². The van der Waals surface area contributed by atoms with Crippen LogP contribution in [0.5, 0.6) is 0 Å². The highest BCUT2D eigenvalue weighted by molar-refractivity contribution is 7.91. The van der Waals surface area contributed by atoms with Crippen molar-refractivity contribution in [2.24, 2.45) is 5.73 Å². The number of amides is 3. The number of alkyl halides is 4. The van der Waals surface area contributed by atoms with Gasteiger partial charge < -0.3 is 40.4 Å². The summed E-state index contributed by atoms with van der Waals surface area (Å²) in [5.74, 6) is -5.79. The molecule has 6 N–H and O–H groups in total. The van der Waals surface area contributed by atoms with Gasteiger partial charge in [-0.2, -0.15) is 0 Å². The van der Waals surface area contributed by atoms with E-state index in [2.05, 4.69) is 16.0 Å². The third-order valence-electron chi connectivity index (χ3n) is 7.83. The molecule has 0 aliphatic rings. The number of hydrogen-bond donors (Lipinski definition) is 5. The van der Waals surface area contributed by atoms with E-state index in [9.17, 15) is 36.7 Å². The standard InChI is InChI=1S/C32H54Cl4N6O12P2S/c1-3-52-55(48,53-4-2)22-16-38-31(45)29(25-8-6-5-7-9-25)40-30(44)27(39-28(43)11-10-26(37)32(46)47)24-57(50,51)23-21-54-56(49,41(17-12-33)18-13-34)42(19-14-35)20-15-36/h5-9,26-27,29H,3-4,10-24,37H2,1-2H3,(H,38,45)(H,39,43)(H,40,44)(H,46,47)/t26-,27-,29+/m0/s1. The summed E-state index contributed by atoms with van der Waals surface area (Å²) in [6.45, 7) is 2.89. The fourth-order valence-corrected chi connectivity index (χ4v) is 11.7. The van der Waals surface area contributed by atoms with Gasteiger partial charge in [0.2, 0.25) is 17.7 Å². The quantitative estimate of drug-likeness (QED) is 0.0514. The third-order valence-corrected chi connectivity index (χ3v) is 15.0. The Hall–Kier alpha value is -1.57. The van der Waals surface area contributed by atoms with E-state index in [1.807, 2.05) is 0 Å². The molecule has 328 valence electrons. The average molecular weight is 951 g/mol. The molecule has 3 amide bonds. The Kier molecular flexibility index (Phi) is 26.3. The summed E-state index contributed by atoms with van der Waals surface area (Å²) < 4.78 is 73.6. The normalized spacial score (nSPS) is 13.9. The molecular weight excluding hydrogens is 896 g/mol. The zero-order chi connectivity index (χ0) is 43.1. The number of nitrogens with one attached hydrogen (secondary N) is 3. The predicted molar refractivity (Wildman–Crippen MR) is 221 cm³/mol. The van der Waals surface area contributed by atoms with Crippen molar-refractivity contribution in [1.29, 1.82) is 0 Å². The van der Waals surface area contributed by atoms with Crippen LogP contribution in [0.3, 0.4) is 0 Å². The molecule has 3 atom stereocenters. The summed E-state index contributed by atoms with van der Waals surface area (Å²) in [4.78, 5) is 51.6. The smallest absolute Gasteiger partial charge is 0.346 e. The molecule has 0 aromatic heterocycles. The Bertz CT molecular complexity index is 1570. The zero-order valence-electron chi connectivity index (χ0n) is 31.9. The molecule has 1 aromatic carbocycles. The van der Waals surface area contributed by atoms with Crippen molar-refractivity contribution in [1.82, 2.24) is 25.3 Å². The number of rotatable bonds is 32. The number of benzene rings is 1. The number of carboxylic acids is 1. The molecule has 0 saturated carbocycles. The summed E-state index contributed by atoms with van der Waals surface area (Å²) in [7, 11) is -11.9. The Labute approximate surface area is 354 Å². The van der Waals surface area contributed by atoms with Crippen LogP contribution in [0.1, 0.15) is 38.3 Å². The molecule has 0 aliphatic heterocycles. The highest BCUT2D eigenvalue weighted by atomic mass is 35.5. The van der Waals surface area contributed by atoms with Gasteiger partial charge >= 0.3 is 21.2 Å². The van der Waals surface area contributed by atoms with E-state index in [0.717, 1.165) is 0 Å². The minimum absolute atomic E-state index is 0.0370. The molecule has 0 aliphatic carbocycles. The van der Waals surface area contributed by atoms with Gasteiger partial charge in [-0.15, -0.1) is 46.4 Å². The Morgan fingerprint density at radius 3 is 1.84 bits per heavy atom. The fourth-order valence-electron chi connectivity index (χ4n) is 5.11. The Balaban J connectivity index is 3.42. The lowest BCUT2D eigenvalue weighted by atomic mass is 10.1. The summed E-state index contributed by atoms with van der Waals surface area (Å²) in [5, 5.41) is 16.5. The topological polar surface area (TPSA) is 253 Å². The summed E-state index contributed by atoms with van der Waals surface area (Å²) >= 11 is 23.9. The van der Waals surface area contributed by atoms with E-state index < -0.39 is 91.5 Å². The number of aliphatic carboxylic acids is 1. The molecular formula is C32H54Cl4N6O12P2S. The van der Waals surface area contributed by atoms with E-state index in [4.69, 9.17) is 70.8 Å². The van der Waals surface area contributed by atoms with Gasteiger partial charge in [-0.25, -0.2) is 17.8 Å². The zero-order valence-corrected chi connectivity index (χ0v) is 37.5. The number of halogens is 4. The summed E-state index contributed by atoms with van der Waals surface area (Å²) in [6, 6.07) is 3.23. The minimum atomic E-state index is -4.34.